The van der Waals surface area contributed by atoms with Gasteiger partial charge in [-0.25, -0.2) is 0 Å². The highest BCUT2D eigenvalue weighted by molar-refractivity contribution is 5.91. The van der Waals surface area contributed by atoms with Crippen molar-refractivity contribution in [3.63, 3.8) is 0 Å². The zero-order valence-electron chi connectivity index (χ0n) is 24.9. The fourth-order valence-corrected chi connectivity index (χ4v) is 8.98. The fraction of sp³-hybridized carbons (Fsp3) is 0.879. The molecule has 0 amide bonds. The van der Waals surface area contributed by atoms with E-state index in [1.54, 1.807) is 0 Å². The molecule has 7 atom stereocenters. The lowest BCUT2D eigenvalue weighted by atomic mass is 9.47. The number of rotatable bonds is 8. The average Bonchev–Trinajstić information content (AvgIpc) is 3.11. The second-order valence-electron chi connectivity index (χ2n) is 14.9. The van der Waals surface area contributed by atoms with E-state index in [2.05, 4.69) is 33.8 Å². The molecule has 4 nitrogen and oxygen atoms in total. The molecule has 4 rings (SSSR count). The van der Waals surface area contributed by atoms with Crippen molar-refractivity contribution < 1.29 is 19.1 Å². The third kappa shape index (κ3) is 6.30. The molecule has 4 aliphatic carbocycles. The number of allylic oxidation sites excluding steroid dienone is 1. The second kappa shape index (κ2) is 11.0. The number of ether oxygens (including phenoxy) is 2. The SMILES string of the molecule is CC(C)CCCCC1CCC2C3CC=C4CC(OC(=O)CC(=O)OC(C)(C)C)CCC4(C)C3CCC12C. The molecule has 0 heterocycles. The van der Waals surface area contributed by atoms with Crippen LogP contribution in [0.1, 0.15) is 132 Å². The molecule has 3 saturated carbocycles. The molecular weight excluding hydrogens is 460 g/mol. The maximum absolute atomic E-state index is 12.5. The van der Waals surface area contributed by atoms with Gasteiger partial charge in [0.1, 0.15) is 18.1 Å². The highest BCUT2D eigenvalue weighted by atomic mass is 16.6. The molecule has 0 aromatic heterocycles. The van der Waals surface area contributed by atoms with Gasteiger partial charge in [-0.3, -0.25) is 9.59 Å². The van der Waals surface area contributed by atoms with Crippen LogP contribution in [-0.2, 0) is 19.1 Å². The Kier molecular flexibility index (Phi) is 8.56. The summed E-state index contributed by atoms with van der Waals surface area (Å²) in [6, 6.07) is 0. The lowest BCUT2D eigenvalue weighted by Crippen LogP contribution is -2.50. The normalized spacial score (nSPS) is 37.3. The highest BCUT2D eigenvalue weighted by Crippen LogP contribution is 2.66. The minimum absolute atomic E-state index is 0.110. The van der Waals surface area contributed by atoms with Crippen molar-refractivity contribution in [3.05, 3.63) is 11.6 Å². The van der Waals surface area contributed by atoms with Crippen LogP contribution in [0.3, 0.4) is 0 Å². The molecular formula is C33H54O4. The van der Waals surface area contributed by atoms with Gasteiger partial charge in [0.25, 0.3) is 0 Å². The molecule has 4 heteroatoms. The lowest BCUT2D eigenvalue weighted by molar-refractivity contribution is -0.164. The van der Waals surface area contributed by atoms with Crippen LogP contribution in [0.4, 0.5) is 0 Å². The fourth-order valence-electron chi connectivity index (χ4n) is 8.98. The summed E-state index contributed by atoms with van der Waals surface area (Å²) < 4.78 is 11.1. The van der Waals surface area contributed by atoms with E-state index in [1.165, 1.54) is 63.4 Å². The molecule has 0 N–H and O–H groups in total. The summed E-state index contributed by atoms with van der Waals surface area (Å²) in [5, 5.41) is 0. The molecule has 3 fully saturated rings. The third-order valence-corrected chi connectivity index (χ3v) is 10.8. The van der Waals surface area contributed by atoms with Gasteiger partial charge in [-0.2, -0.15) is 0 Å². The summed E-state index contributed by atoms with van der Waals surface area (Å²) in [4.78, 5) is 24.5. The van der Waals surface area contributed by atoms with Gasteiger partial charge in [-0.05, 0) is 113 Å². The summed E-state index contributed by atoms with van der Waals surface area (Å²) in [6.45, 7) is 15.3. The first-order valence-electron chi connectivity index (χ1n) is 15.4. The molecule has 210 valence electrons. The number of carbonyl (C=O) groups is 2. The summed E-state index contributed by atoms with van der Waals surface area (Å²) in [6.07, 6.45) is 17.4. The first-order valence-corrected chi connectivity index (χ1v) is 15.4. The van der Waals surface area contributed by atoms with Crippen LogP contribution in [-0.4, -0.2) is 23.6 Å². The van der Waals surface area contributed by atoms with E-state index < -0.39 is 17.5 Å². The van der Waals surface area contributed by atoms with Crippen LogP contribution in [0, 0.1) is 40.4 Å². The van der Waals surface area contributed by atoms with Gasteiger partial charge in [0.05, 0.1) is 0 Å². The van der Waals surface area contributed by atoms with Crippen molar-refractivity contribution in [2.24, 2.45) is 40.4 Å². The van der Waals surface area contributed by atoms with E-state index in [0.717, 1.165) is 48.9 Å². The van der Waals surface area contributed by atoms with Gasteiger partial charge in [0, 0.05) is 6.42 Å². The first kappa shape index (κ1) is 28.7. The Balaban J connectivity index is 1.35. The number of carbonyl (C=O) groups excluding carboxylic acids is 2. The summed E-state index contributed by atoms with van der Waals surface area (Å²) >= 11 is 0. The third-order valence-electron chi connectivity index (χ3n) is 10.8. The van der Waals surface area contributed by atoms with E-state index in [0.29, 0.717) is 5.41 Å². The monoisotopic (exact) mass is 514 g/mol. The Morgan fingerprint density at radius 1 is 1.00 bits per heavy atom. The molecule has 4 aliphatic rings. The lowest BCUT2D eigenvalue weighted by Gasteiger charge is -2.58. The van der Waals surface area contributed by atoms with E-state index in [9.17, 15) is 9.59 Å². The van der Waals surface area contributed by atoms with E-state index >= 15 is 0 Å². The summed E-state index contributed by atoms with van der Waals surface area (Å²) in [5.74, 6) is 3.26. The van der Waals surface area contributed by atoms with Gasteiger partial charge in [-0.15, -0.1) is 0 Å². The quantitative estimate of drug-likeness (QED) is 0.141. The van der Waals surface area contributed by atoms with Crippen LogP contribution in [0.25, 0.3) is 0 Å². The van der Waals surface area contributed by atoms with E-state index in [-0.39, 0.29) is 17.9 Å². The Hall–Kier alpha value is -1.32. The van der Waals surface area contributed by atoms with E-state index in [1.807, 2.05) is 20.8 Å². The molecule has 0 saturated heterocycles. The molecule has 0 aliphatic heterocycles. The standard InChI is InChI=1S/C33H54O4/c1-22(2)10-8-9-11-23-13-15-27-26-14-12-24-20-25(36-29(34)21-30(35)37-31(3,4)5)16-18-33(24,7)28(26)17-19-32(23,27)6/h12,22-23,25-28H,8-11,13-21H2,1-7H3. The molecule has 37 heavy (non-hydrogen) atoms. The summed E-state index contributed by atoms with van der Waals surface area (Å²) in [5.41, 5.74) is 1.71. The smallest absolute Gasteiger partial charge is 0.317 e. The molecule has 0 aromatic rings. The first-order chi connectivity index (χ1) is 17.3. The van der Waals surface area contributed by atoms with Crippen molar-refractivity contribution in [3.8, 4) is 0 Å². The van der Waals surface area contributed by atoms with Crippen molar-refractivity contribution in [1.82, 2.24) is 0 Å². The van der Waals surface area contributed by atoms with Crippen LogP contribution in [0.15, 0.2) is 11.6 Å². The molecule has 0 radical (unpaired) electrons. The van der Waals surface area contributed by atoms with Crippen LogP contribution in [0.2, 0.25) is 0 Å². The van der Waals surface area contributed by atoms with Crippen molar-refractivity contribution in [2.75, 3.05) is 0 Å². The van der Waals surface area contributed by atoms with Crippen LogP contribution < -0.4 is 0 Å². The maximum atomic E-state index is 12.5. The Morgan fingerprint density at radius 2 is 1.76 bits per heavy atom. The largest absolute Gasteiger partial charge is 0.462 e. The zero-order chi connectivity index (χ0) is 27.0. The van der Waals surface area contributed by atoms with Gasteiger partial charge in [0.15, 0.2) is 0 Å². The van der Waals surface area contributed by atoms with Gasteiger partial charge in [0.2, 0.25) is 0 Å². The number of esters is 2. The average molecular weight is 515 g/mol. The predicted octanol–water partition coefficient (Wildman–Crippen LogP) is 8.43. The number of hydrogen-bond acceptors (Lipinski definition) is 4. The number of fused-ring (bicyclic) bond motifs is 5. The van der Waals surface area contributed by atoms with Crippen molar-refractivity contribution >= 4 is 11.9 Å². The Morgan fingerprint density at radius 3 is 2.46 bits per heavy atom. The topological polar surface area (TPSA) is 52.6 Å². The molecule has 0 aromatic carbocycles. The van der Waals surface area contributed by atoms with Crippen LogP contribution >= 0.6 is 0 Å². The van der Waals surface area contributed by atoms with Gasteiger partial charge in [-0.1, -0.05) is 58.6 Å². The Labute approximate surface area is 226 Å². The number of unbranched alkanes of at least 4 members (excludes halogenated alkanes) is 1. The van der Waals surface area contributed by atoms with Crippen molar-refractivity contribution in [2.45, 2.75) is 144 Å². The number of hydrogen-bond donors (Lipinski definition) is 0. The zero-order valence-corrected chi connectivity index (χ0v) is 24.9. The minimum Gasteiger partial charge on any atom is -0.462 e. The minimum atomic E-state index is -0.587. The highest BCUT2D eigenvalue weighted by Gasteiger charge is 2.58. The van der Waals surface area contributed by atoms with Gasteiger partial charge >= 0.3 is 11.9 Å². The molecule has 0 bridgehead atoms. The van der Waals surface area contributed by atoms with E-state index in [4.69, 9.17) is 9.47 Å². The van der Waals surface area contributed by atoms with Gasteiger partial charge < -0.3 is 9.47 Å². The second-order valence-corrected chi connectivity index (χ2v) is 14.9. The molecule has 7 unspecified atom stereocenters. The predicted molar refractivity (Wildman–Crippen MR) is 149 cm³/mol. The summed E-state index contributed by atoms with van der Waals surface area (Å²) in [7, 11) is 0. The van der Waals surface area contributed by atoms with Crippen LogP contribution in [0.5, 0.6) is 0 Å². The maximum Gasteiger partial charge on any atom is 0.317 e. The Bertz CT molecular complexity index is 866. The van der Waals surface area contributed by atoms with Crippen molar-refractivity contribution in [1.29, 1.82) is 0 Å². The molecule has 0 spiro atoms.